The SMILES string of the molecule is CCC/C(=N\NC(N)=NC)c1ccc2c(c1)Cc1cc(/C(CCC)=N/NC(N)=NC)ccc1-2. The van der Waals surface area contributed by atoms with Crippen LogP contribution in [-0.2, 0) is 6.42 Å². The summed E-state index contributed by atoms with van der Waals surface area (Å²) in [5.41, 5.74) is 26.5. The van der Waals surface area contributed by atoms with Crippen LogP contribution < -0.4 is 22.3 Å². The minimum absolute atomic E-state index is 0.302. The predicted octanol–water partition coefficient (Wildman–Crippen LogP) is 3.33. The Morgan fingerprint density at radius 1 is 0.758 bits per heavy atom. The molecule has 1 aliphatic carbocycles. The summed E-state index contributed by atoms with van der Waals surface area (Å²) in [6.07, 6.45) is 4.57. The van der Waals surface area contributed by atoms with Crippen molar-refractivity contribution in [3.63, 3.8) is 0 Å². The lowest BCUT2D eigenvalue weighted by molar-refractivity contribution is 0.940. The van der Waals surface area contributed by atoms with Crippen molar-refractivity contribution in [3.8, 4) is 11.1 Å². The van der Waals surface area contributed by atoms with Gasteiger partial charge in [0, 0.05) is 14.1 Å². The van der Waals surface area contributed by atoms with E-state index in [0.717, 1.165) is 54.7 Å². The molecule has 6 N–H and O–H groups in total. The lowest BCUT2D eigenvalue weighted by Crippen LogP contribution is -2.28. The van der Waals surface area contributed by atoms with Crippen LogP contribution in [0.3, 0.4) is 0 Å². The molecule has 0 saturated carbocycles. The van der Waals surface area contributed by atoms with E-state index in [4.69, 9.17) is 11.5 Å². The zero-order valence-electron chi connectivity index (χ0n) is 19.9. The van der Waals surface area contributed by atoms with E-state index in [2.05, 4.69) is 81.3 Å². The molecule has 0 unspecified atom stereocenters. The van der Waals surface area contributed by atoms with Crippen LogP contribution in [0.5, 0.6) is 0 Å². The van der Waals surface area contributed by atoms with E-state index in [1.807, 2.05) is 0 Å². The number of aliphatic imine (C=N–C) groups is 2. The number of hydrazone groups is 2. The second-order valence-corrected chi connectivity index (χ2v) is 7.98. The van der Waals surface area contributed by atoms with Crippen LogP contribution in [0.2, 0.25) is 0 Å². The number of guanidine groups is 2. The molecule has 174 valence electrons. The van der Waals surface area contributed by atoms with Crippen molar-refractivity contribution in [2.45, 2.75) is 46.0 Å². The van der Waals surface area contributed by atoms with Gasteiger partial charge in [0.05, 0.1) is 11.4 Å². The van der Waals surface area contributed by atoms with Crippen LogP contribution in [0, 0.1) is 0 Å². The van der Waals surface area contributed by atoms with E-state index in [1.54, 1.807) is 14.1 Å². The third-order valence-corrected chi connectivity index (χ3v) is 5.61. The lowest BCUT2D eigenvalue weighted by atomic mass is 9.98. The van der Waals surface area contributed by atoms with Crippen molar-refractivity contribution in [2.75, 3.05) is 14.1 Å². The molecule has 0 heterocycles. The molecule has 3 rings (SSSR count). The van der Waals surface area contributed by atoms with E-state index in [0.29, 0.717) is 11.9 Å². The van der Waals surface area contributed by atoms with E-state index in [9.17, 15) is 0 Å². The maximum absolute atomic E-state index is 5.75. The highest BCUT2D eigenvalue weighted by Crippen LogP contribution is 2.38. The van der Waals surface area contributed by atoms with Gasteiger partial charge in [0.2, 0.25) is 11.9 Å². The van der Waals surface area contributed by atoms with Gasteiger partial charge < -0.3 is 11.5 Å². The van der Waals surface area contributed by atoms with E-state index in [1.165, 1.54) is 22.3 Å². The average Bonchev–Trinajstić information content (AvgIpc) is 3.20. The molecule has 33 heavy (non-hydrogen) atoms. The first kappa shape index (κ1) is 24.0. The van der Waals surface area contributed by atoms with Crippen LogP contribution in [-0.4, -0.2) is 37.4 Å². The van der Waals surface area contributed by atoms with Crippen molar-refractivity contribution in [1.29, 1.82) is 0 Å². The van der Waals surface area contributed by atoms with Gasteiger partial charge in [-0.3, -0.25) is 9.98 Å². The quantitative estimate of drug-likeness (QED) is 0.240. The zero-order chi connectivity index (χ0) is 23.8. The summed E-state index contributed by atoms with van der Waals surface area (Å²) < 4.78 is 0. The summed E-state index contributed by atoms with van der Waals surface area (Å²) in [5.74, 6) is 0.603. The summed E-state index contributed by atoms with van der Waals surface area (Å²) in [4.78, 5) is 7.82. The fourth-order valence-electron chi connectivity index (χ4n) is 3.92. The van der Waals surface area contributed by atoms with Crippen LogP contribution in [0.1, 0.15) is 61.8 Å². The van der Waals surface area contributed by atoms with Gasteiger partial charge in [0.1, 0.15) is 0 Å². The van der Waals surface area contributed by atoms with Gasteiger partial charge in [-0.15, -0.1) is 0 Å². The van der Waals surface area contributed by atoms with Crippen molar-refractivity contribution in [2.24, 2.45) is 31.7 Å². The Labute approximate surface area is 196 Å². The van der Waals surface area contributed by atoms with Gasteiger partial charge in [-0.25, -0.2) is 10.9 Å². The van der Waals surface area contributed by atoms with Crippen LogP contribution in [0.4, 0.5) is 0 Å². The average molecular weight is 447 g/mol. The monoisotopic (exact) mass is 446 g/mol. The Morgan fingerprint density at radius 3 is 1.55 bits per heavy atom. The first-order valence-corrected chi connectivity index (χ1v) is 11.4. The number of fused-ring (bicyclic) bond motifs is 3. The van der Waals surface area contributed by atoms with Gasteiger partial charge in [0.15, 0.2) is 0 Å². The van der Waals surface area contributed by atoms with Crippen LogP contribution in [0.25, 0.3) is 11.1 Å². The minimum Gasteiger partial charge on any atom is -0.369 e. The highest BCUT2D eigenvalue weighted by molar-refractivity contribution is 6.03. The summed E-state index contributed by atoms with van der Waals surface area (Å²) >= 11 is 0. The van der Waals surface area contributed by atoms with Gasteiger partial charge in [-0.1, -0.05) is 51.0 Å². The molecule has 0 radical (unpaired) electrons. The number of hydrogen-bond donors (Lipinski definition) is 4. The lowest BCUT2D eigenvalue weighted by Gasteiger charge is -2.10. The van der Waals surface area contributed by atoms with Gasteiger partial charge >= 0.3 is 0 Å². The van der Waals surface area contributed by atoms with E-state index >= 15 is 0 Å². The molecule has 0 aliphatic heterocycles. The molecule has 0 spiro atoms. The minimum atomic E-state index is 0.302. The molecule has 0 aromatic heterocycles. The Hall–Kier alpha value is -3.68. The second-order valence-electron chi connectivity index (χ2n) is 7.98. The largest absolute Gasteiger partial charge is 0.369 e. The first-order chi connectivity index (χ1) is 16.0. The Balaban J connectivity index is 1.90. The molecule has 1 aliphatic rings. The number of rotatable bonds is 8. The van der Waals surface area contributed by atoms with Crippen molar-refractivity contribution in [1.82, 2.24) is 10.9 Å². The highest BCUT2D eigenvalue weighted by Gasteiger charge is 2.20. The maximum atomic E-state index is 5.75. The molecule has 8 nitrogen and oxygen atoms in total. The topological polar surface area (TPSA) is 126 Å². The van der Waals surface area contributed by atoms with Gasteiger partial charge in [0.25, 0.3) is 0 Å². The summed E-state index contributed by atoms with van der Waals surface area (Å²) in [6, 6.07) is 13.1. The fraction of sp³-hybridized carbons (Fsp3) is 0.360. The number of nitrogens with two attached hydrogens (primary N) is 2. The maximum Gasteiger partial charge on any atom is 0.209 e. The molecule has 8 heteroatoms. The molecular formula is C25H34N8. The summed E-state index contributed by atoms with van der Waals surface area (Å²) in [6.45, 7) is 4.28. The van der Waals surface area contributed by atoms with Crippen molar-refractivity contribution in [3.05, 3.63) is 58.7 Å². The normalized spacial score (nSPS) is 14.2. The Bertz CT molecular complexity index is 1020. The summed E-state index contributed by atoms with van der Waals surface area (Å²) in [5, 5.41) is 8.99. The predicted molar refractivity (Wildman–Crippen MR) is 139 cm³/mol. The first-order valence-electron chi connectivity index (χ1n) is 11.4. The summed E-state index contributed by atoms with van der Waals surface area (Å²) in [7, 11) is 3.27. The molecule has 0 fully saturated rings. The standard InChI is InChI=1S/C25H34N8/c1-5-7-22(30-32-24(26)28-3)16-9-11-20-18(13-16)15-19-14-17(10-12-21(19)20)23(8-6-2)31-33-25(27)29-4/h9-14H,5-8,15H2,1-4H3,(H3,26,28,32)(H3,27,29,33)/b30-22+,31-23+. The van der Waals surface area contributed by atoms with E-state index < -0.39 is 0 Å². The molecule has 0 atom stereocenters. The Kier molecular flexibility index (Phi) is 8.18. The smallest absolute Gasteiger partial charge is 0.209 e. The molecular weight excluding hydrogens is 412 g/mol. The molecule has 0 saturated heterocycles. The fourth-order valence-corrected chi connectivity index (χ4v) is 3.92. The van der Waals surface area contributed by atoms with Crippen LogP contribution in [0.15, 0.2) is 56.6 Å². The third kappa shape index (κ3) is 5.77. The van der Waals surface area contributed by atoms with Crippen LogP contribution >= 0.6 is 0 Å². The zero-order valence-corrected chi connectivity index (χ0v) is 19.9. The molecule has 0 bridgehead atoms. The third-order valence-electron chi connectivity index (χ3n) is 5.61. The number of nitrogens with one attached hydrogen (secondary N) is 2. The number of benzene rings is 2. The van der Waals surface area contributed by atoms with Gasteiger partial charge in [-0.05, 0) is 64.8 Å². The number of hydrogen-bond acceptors (Lipinski definition) is 4. The second kappa shape index (κ2) is 11.3. The van der Waals surface area contributed by atoms with Crippen molar-refractivity contribution < 1.29 is 0 Å². The van der Waals surface area contributed by atoms with Gasteiger partial charge in [-0.2, -0.15) is 10.2 Å². The highest BCUT2D eigenvalue weighted by atomic mass is 15.4. The molecule has 2 aromatic carbocycles. The molecule has 0 amide bonds. The Morgan fingerprint density at radius 2 is 1.18 bits per heavy atom. The van der Waals surface area contributed by atoms with Crippen molar-refractivity contribution >= 4 is 23.3 Å². The number of nitrogens with zero attached hydrogens (tertiary/aromatic N) is 4. The van der Waals surface area contributed by atoms with E-state index in [-0.39, 0.29) is 0 Å². The molecule has 2 aromatic rings.